The molecule has 0 spiro atoms. The van der Waals surface area contributed by atoms with Gasteiger partial charge in [-0.2, -0.15) is 0 Å². The molecular formula is C9H11N3O2. The van der Waals surface area contributed by atoms with E-state index in [1.807, 2.05) is 24.3 Å². The number of hydrazine groups is 1. The van der Waals surface area contributed by atoms with Crippen molar-refractivity contribution in [3.63, 3.8) is 0 Å². The van der Waals surface area contributed by atoms with Gasteiger partial charge in [-0.05, 0) is 6.07 Å². The highest BCUT2D eigenvalue weighted by atomic mass is 16.6. The standard InChI is InChI=1S/C9H11N3O2/c10-12-7-4-2-1-3-6(7)8-5-14-9(13)11-8/h1-4,8,12H,5,10H2,(H,11,13)/t8-/m1/s1. The summed E-state index contributed by atoms with van der Waals surface area (Å²) in [5, 5.41) is 2.69. The van der Waals surface area contributed by atoms with Crippen LogP contribution in [0.1, 0.15) is 11.6 Å². The van der Waals surface area contributed by atoms with Gasteiger partial charge in [0.05, 0.1) is 11.7 Å². The normalized spacial score (nSPS) is 20.1. The summed E-state index contributed by atoms with van der Waals surface area (Å²) < 4.78 is 4.80. The number of alkyl carbamates (subject to hydrolysis) is 1. The summed E-state index contributed by atoms with van der Waals surface area (Å²) in [6.45, 7) is 0.345. The number of carbonyl (C=O) groups is 1. The smallest absolute Gasteiger partial charge is 0.407 e. The van der Waals surface area contributed by atoms with Crippen LogP contribution in [-0.2, 0) is 4.74 Å². The predicted octanol–water partition coefficient (Wildman–Crippen LogP) is 0.753. The van der Waals surface area contributed by atoms with Crippen LogP contribution in [0, 0.1) is 0 Å². The van der Waals surface area contributed by atoms with Gasteiger partial charge in [0.1, 0.15) is 6.61 Å². The van der Waals surface area contributed by atoms with E-state index in [2.05, 4.69) is 10.7 Å². The predicted molar refractivity (Wildman–Crippen MR) is 51.5 cm³/mol. The molecule has 0 bridgehead atoms. The number of rotatable bonds is 2. The second-order valence-corrected chi connectivity index (χ2v) is 3.03. The summed E-state index contributed by atoms with van der Waals surface area (Å²) in [5.74, 6) is 5.35. The molecule has 0 aliphatic carbocycles. The molecule has 2 rings (SSSR count). The van der Waals surface area contributed by atoms with Crippen LogP contribution in [0.3, 0.4) is 0 Å². The fraction of sp³-hybridized carbons (Fsp3) is 0.222. The van der Waals surface area contributed by atoms with Crippen LogP contribution in [0.15, 0.2) is 24.3 Å². The van der Waals surface area contributed by atoms with E-state index < -0.39 is 0 Å². The minimum atomic E-state index is -0.387. The molecule has 74 valence electrons. The number of anilines is 1. The summed E-state index contributed by atoms with van der Waals surface area (Å²) in [4.78, 5) is 10.8. The molecule has 0 saturated carbocycles. The first-order valence-corrected chi connectivity index (χ1v) is 4.30. The van der Waals surface area contributed by atoms with E-state index in [0.717, 1.165) is 11.3 Å². The Kier molecular flexibility index (Phi) is 2.24. The van der Waals surface area contributed by atoms with E-state index in [1.165, 1.54) is 0 Å². The van der Waals surface area contributed by atoms with Crippen LogP contribution in [0.25, 0.3) is 0 Å². The number of hydrogen-bond acceptors (Lipinski definition) is 4. The van der Waals surface area contributed by atoms with Crippen molar-refractivity contribution in [2.24, 2.45) is 5.84 Å². The molecule has 1 aromatic rings. The maximum Gasteiger partial charge on any atom is 0.407 e. The maximum absolute atomic E-state index is 10.8. The van der Waals surface area contributed by atoms with Crippen LogP contribution in [-0.4, -0.2) is 12.7 Å². The fourth-order valence-corrected chi connectivity index (χ4v) is 1.48. The topological polar surface area (TPSA) is 76.4 Å². The third kappa shape index (κ3) is 1.49. The Labute approximate surface area is 81.2 Å². The van der Waals surface area contributed by atoms with Gasteiger partial charge in [0.2, 0.25) is 0 Å². The van der Waals surface area contributed by atoms with E-state index in [-0.39, 0.29) is 12.1 Å². The minimum absolute atomic E-state index is 0.116. The average Bonchev–Trinajstić information content (AvgIpc) is 2.65. The number of nitrogens with one attached hydrogen (secondary N) is 2. The minimum Gasteiger partial charge on any atom is -0.447 e. The number of para-hydroxylation sites is 1. The van der Waals surface area contributed by atoms with Crippen LogP contribution in [0.2, 0.25) is 0 Å². The van der Waals surface area contributed by atoms with Crippen molar-refractivity contribution in [2.75, 3.05) is 12.0 Å². The van der Waals surface area contributed by atoms with Crippen LogP contribution >= 0.6 is 0 Å². The summed E-state index contributed by atoms with van der Waals surface area (Å²) in [6, 6.07) is 7.39. The van der Waals surface area contributed by atoms with Gasteiger partial charge < -0.3 is 15.5 Å². The van der Waals surface area contributed by atoms with Crippen LogP contribution in [0.4, 0.5) is 10.5 Å². The lowest BCUT2D eigenvalue weighted by Gasteiger charge is -2.12. The third-order valence-corrected chi connectivity index (χ3v) is 2.16. The summed E-state index contributed by atoms with van der Waals surface area (Å²) >= 11 is 0. The molecule has 5 nitrogen and oxygen atoms in total. The number of hydrogen-bond donors (Lipinski definition) is 3. The van der Waals surface area contributed by atoms with Crippen LogP contribution < -0.4 is 16.6 Å². The number of nitrogens with two attached hydrogens (primary N) is 1. The van der Waals surface area contributed by atoms with Gasteiger partial charge in [0.25, 0.3) is 0 Å². The van der Waals surface area contributed by atoms with Gasteiger partial charge in [-0.3, -0.25) is 5.84 Å². The first kappa shape index (κ1) is 8.83. The Morgan fingerprint density at radius 2 is 2.29 bits per heavy atom. The number of benzene rings is 1. The largest absolute Gasteiger partial charge is 0.447 e. The Balaban J connectivity index is 2.27. The van der Waals surface area contributed by atoms with Crippen molar-refractivity contribution < 1.29 is 9.53 Å². The molecule has 1 aliphatic rings. The molecule has 5 heteroatoms. The van der Waals surface area contributed by atoms with Crippen molar-refractivity contribution in [1.82, 2.24) is 5.32 Å². The van der Waals surface area contributed by atoms with Gasteiger partial charge in [0, 0.05) is 5.56 Å². The molecule has 14 heavy (non-hydrogen) atoms. The number of nitrogen functional groups attached to an aromatic ring is 1. The van der Waals surface area contributed by atoms with Gasteiger partial charge >= 0.3 is 6.09 Å². The quantitative estimate of drug-likeness (QED) is 0.478. The third-order valence-electron chi connectivity index (χ3n) is 2.16. The van der Waals surface area contributed by atoms with Crippen LogP contribution in [0.5, 0.6) is 0 Å². The molecule has 1 saturated heterocycles. The lowest BCUT2D eigenvalue weighted by molar-refractivity contribution is 0.177. The Hall–Kier alpha value is -1.75. The molecule has 1 aliphatic heterocycles. The Morgan fingerprint density at radius 3 is 2.93 bits per heavy atom. The number of carbonyl (C=O) groups excluding carboxylic acids is 1. The van der Waals surface area contributed by atoms with Gasteiger partial charge in [-0.25, -0.2) is 4.79 Å². The Morgan fingerprint density at radius 1 is 1.50 bits per heavy atom. The lowest BCUT2D eigenvalue weighted by atomic mass is 10.1. The monoisotopic (exact) mass is 193 g/mol. The first-order valence-electron chi connectivity index (χ1n) is 4.30. The van der Waals surface area contributed by atoms with Crippen molar-refractivity contribution in [2.45, 2.75) is 6.04 Å². The second-order valence-electron chi connectivity index (χ2n) is 3.03. The van der Waals surface area contributed by atoms with Crippen molar-refractivity contribution >= 4 is 11.8 Å². The Bertz CT molecular complexity index is 354. The molecule has 0 unspecified atom stereocenters. The molecule has 4 N–H and O–H groups in total. The molecule has 1 aromatic carbocycles. The molecule has 0 aromatic heterocycles. The summed E-state index contributed by atoms with van der Waals surface area (Å²) in [7, 11) is 0. The SMILES string of the molecule is NNc1ccccc1[C@H]1COC(=O)N1. The molecule has 1 amide bonds. The number of amides is 1. The summed E-state index contributed by atoms with van der Waals surface area (Å²) in [5.41, 5.74) is 4.31. The van der Waals surface area contributed by atoms with Crippen molar-refractivity contribution in [1.29, 1.82) is 0 Å². The van der Waals surface area contributed by atoms with Gasteiger partial charge in [0.15, 0.2) is 0 Å². The number of cyclic esters (lactones) is 1. The maximum atomic E-state index is 10.8. The highest BCUT2D eigenvalue weighted by molar-refractivity contribution is 5.71. The van der Waals surface area contributed by atoms with E-state index in [0.29, 0.717) is 6.61 Å². The fourth-order valence-electron chi connectivity index (χ4n) is 1.48. The zero-order valence-corrected chi connectivity index (χ0v) is 7.49. The first-order chi connectivity index (χ1) is 6.81. The molecule has 1 heterocycles. The average molecular weight is 193 g/mol. The molecule has 1 atom stereocenters. The lowest BCUT2D eigenvalue weighted by Crippen LogP contribution is -2.20. The second kappa shape index (κ2) is 3.55. The van der Waals surface area contributed by atoms with Crippen molar-refractivity contribution in [3.05, 3.63) is 29.8 Å². The van der Waals surface area contributed by atoms with E-state index in [4.69, 9.17) is 10.6 Å². The van der Waals surface area contributed by atoms with Crippen molar-refractivity contribution in [3.8, 4) is 0 Å². The summed E-state index contributed by atoms with van der Waals surface area (Å²) in [6.07, 6.45) is -0.387. The zero-order chi connectivity index (χ0) is 9.97. The zero-order valence-electron chi connectivity index (χ0n) is 7.49. The highest BCUT2D eigenvalue weighted by Gasteiger charge is 2.25. The molecule has 1 fully saturated rings. The van der Waals surface area contributed by atoms with Gasteiger partial charge in [-0.1, -0.05) is 18.2 Å². The van der Waals surface area contributed by atoms with E-state index in [9.17, 15) is 4.79 Å². The molecule has 0 radical (unpaired) electrons. The molecular weight excluding hydrogens is 182 g/mol. The van der Waals surface area contributed by atoms with Gasteiger partial charge in [-0.15, -0.1) is 0 Å². The van der Waals surface area contributed by atoms with E-state index >= 15 is 0 Å². The van der Waals surface area contributed by atoms with E-state index in [1.54, 1.807) is 0 Å². The highest BCUT2D eigenvalue weighted by Crippen LogP contribution is 2.24. The number of ether oxygens (including phenoxy) is 1.